The van der Waals surface area contributed by atoms with E-state index in [1.54, 1.807) is 4.90 Å². The zero-order valence-corrected chi connectivity index (χ0v) is 22.2. The van der Waals surface area contributed by atoms with Crippen LogP contribution < -0.4 is 10.2 Å². The largest absolute Gasteiger partial charge is 0.489 e. The Morgan fingerprint density at radius 1 is 0.795 bits per heavy atom. The van der Waals surface area contributed by atoms with Crippen molar-refractivity contribution in [2.75, 3.05) is 0 Å². The summed E-state index contributed by atoms with van der Waals surface area (Å²) in [5, 5.41) is 0.519. The van der Waals surface area contributed by atoms with Crippen molar-refractivity contribution in [2.24, 2.45) is 0 Å². The van der Waals surface area contributed by atoms with Gasteiger partial charge in [0.15, 0.2) is 5.43 Å². The second-order valence-electron chi connectivity index (χ2n) is 10.3. The molecular formula is C34H29NO4. The fourth-order valence-corrected chi connectivity index (χ4v) is 5.43. The first-order valence-corrected chi connectivity index (χ1v) is 13.1. The van der Waals surface area contributed by atoms with Crippen LogP contribution in [0.1, 0.15) is 55.5 Å². The van der Waals surface area contributed by atoms with Crippen molar-refractivity contribution in [1.29, 1.82) is 0 Å². The van der Waals surface area contributed by atoms with Crippen LogP contribution in [0.3, 0.4) is 0 Å². The summed E-state index contributed by atoms with van der Waals surface area (Å²) in [5.74, 6) is 0.499. The highest BCUT2D eigenvalue weighted by atomic mass is 16.5. The standard InChI is InChI=1S/C34H29NO4/c1-21-12-14-24(15-13-21)19-35-31(26-10-7-11-27(18-26)38-20-25-8-5-4-6-9-25)30-32(36)29-23(3)16-22(2)17-28(29)39-33(30)34(35)37/h4-18,31H,19-20H2,1-3H3. The highest BCUT2D eigenvalue weighted by molar-refractivity contribution is 5.99. The summed E-state index contributed by atoms with van der Waals surface area (Å²) in [4.78, 5) is 29.7. The lowest BCUT2D eigenvalue weighted by molar-refractivity contribution is 0.0714. The van der Waals surface area contributed by atoms with Crippen LogP contribution in [0.15, 0.2) is 100 Å². The van der Waals surface area contributed by atoms with Crippen molar-refractivity contribution in [2.45, 2.75) is 40.0 Å². The van der Waals surface area contributed by atoms with Crippen LogP contribution in [0.2, 0.25) is 0 Å². The molecule has 1 aliphatic rings. The van der Waals surface area contributed by atoms with Crippen LogP contribution >= 0.6 is 0 Å². The summed E-state index contributed by atoms with van der Waals surface area (Å²) in [6.45, 7) is 6.66. The number of hydrogen-bond acceptors (Lipinski definition) is 4. The van der Waals surface area contributed by atoms with Crippen LogP contribution in [0, 0.1) is 20.8 Å². The normalized spacial score (nSPS) is 14.6. The highest BCUT2D eigenvalue weighted by Crippen LogP contribution is 2.40. The second-order valence-corrected chi connectivity index (χ2v) is 10.3. The number of aryl methyl sites for hydroxylation is 3. The van der Waals surface area contributed by atoms with E-state index in [1.807, 2.05) is 112 Å². The Hall–Kier alpha value is -4.64. The zero-order chi connectivity index (χ0) is 27.1. The quantitative estimate of drug-likeness (QED) is 0.243. The summed E-state index contributed by atoms with van der Waals surface area (Å²) in [6.07, 6.45) is 0. The molecule has 194 valence electrons. The van der Waals surface area contributed by atoms with E-state index in [4.69, 9.17) is 9.15 Å². The highest BCUT2D eigenvalue weighted by Gasteiger charge is 2.43. The topological polar surface area (TPSA) is 59.8 Å². The molecule has 0 saturated heterocycles. The molecule has 5 nitrogen and oxygen atoms in total. The van der Waals surface area contributed by atoms with Crippen molar-refractivity contribution >= 4 is 16.9 Å². The molecule has 1 aliphatic heterocycles. The van der Waals surface area contributed by atoms with Gasteiger partial charge in [-0.05, 0) is 66.8 Å². The van der Waals surface area contributed by atoms with Crippen molar-refractivity contribution in [3.05, 3.63) is 146 Å². The minimum absolute atomic E-state index is 0.116. The van der Waals surface area contributed by atoms with Gasteiger partial charge >= 0.3 is 0 Å². The van der Waals surface area contributed by atoms with Crippen LogP contribution in [-0.4, -0.2) is 10.8 Å². The summed E-state index contributed by atoms with van der Waals surface area (Å²) >= 11 is 0. The summed E-state index contributed by atoms with van der Waals surface area (Å²) < 4.78 is 12.3. The Morgan fingerprint density at radius 2 is 1.56 bits per heavy atom. The fraction of sp³-hybridized carbons (Fsp3) is 0.176. The SMILES string of the molecule is Cc1ccc(CN2C(=O)c3oc4cc(C)cc(C)c4c(=O)c3C2c2cccc(OCc3ccccc3)c2)cc1. The molecular weight excluding hydrogens is 486 g/mol. The maximum atomic E-state index is 14.0. The number of carbonyl (C=O) groups is 1. The van der Waals surface area contributed by atoms with Crippen molar-refractivity contribution < 1.29 is 13.9 Å². The van der Waals surface area contributed by atoms with Gasteiger partial charge in [0.05, 0.1) is 17.0 Å². The number of benzene rings is 4. The van der Waals surface area contributed by atoms with Crippen LogP contribution in [0.4, 0.5) is 0 Å². The van der Waals surface area contributed by atoms with Crippen molar-refractivity contribution in [3.8, 4) is 5.75 Å². The molecule has 6 rings (SSSR count). The Bertz CT molecular complexity index is 1750. The number of rotatable bonds is 6. The molecule has 1 atom stereocenters. The van der Waals surface area contributed by atoms with E-state index in [1.165, 1.54) is 0 Å². The summed E-state index contributed by atoms with van der Waals surface area (Å²) in [7, 11) is 0. The maximum absolute atomic E-state index is 14.0. The Morgan fingerprint density at radius 3 is 2.33 bits per heavy atom. The Kier molecular flexibility index (Phi) is 6.27. The van der Waals surface area contributed by atoms with Gasteiger partial charge in [-0.1, -0.05) is 78.4 Å². The smallest absolute Gasteiger partial charge is 0.291 e. The summed E-state index contributed by atoms with van der Waals surface area (Å²) in [6, 6.07) is 28.9. The molecule has 4 aromatic carbocycles. The third-order valence-corrected chi connectivity index (χ3v) is 7.31. The predicted octanol–water partition coefficient (Wildman–Crippen LogP) is 7.04. The fourth-order valence-electron chi connectivity index (χ4n) is 5.43. The molecule has 39 heavy (non-hydrogen) atoms. The number of hydrogen-bond donors (Lipinski definition) is 0. The molecule has 0 spiro atoms. The van der Waals surface area contributed by atoms with Crippen molar-refractivity contribution in [3.63, 3.8) is 0 Å². The first-order chi connectivity index (χ1) is 18.9. The Labute approximate surface area is 227 Å². The first kappa shape index (κ1) is 24.7. The van der Waals surface area contributed by atoms with E-state index in [0.717, 1.165) is 33.4 Å². The number of fused-ring (bicyclic) bond motifs is 2. The van der Waals surface area contributed by atoms with Gasteiger partial charge in [-0.2, -0.15) is 0 Å². The lowest BCUT2D eigenvalue weighted by atomic mass is 9.96. The number of ether oxygens (including phenoxy) is 1. The van der Waals surface area contributed by atoms with Gasteiger partial charge in [0.2, 0.25) is 5.76 Å². The van der Waals surface area contributed by atoms with Crippen LogP contribution in [0.25, 0.3) is 11.0 Å². The number of carbonyl (C=O) groups excluding carboxylic acids is 1. The van der Waals surface area contributed by atoms with Gasteiger partial charge in [0, 0.05) is 6.54 Å². The molecule has 0 N–H and O–H groups in total. The molecule has 0 fully saturated rings. The molecule has 5 aromatic rings. The maximum Gasteiger partial charge on any atom is 0.291 e. The van der Waals surface area contributed by atoms with Gasteiger partial charge in [-0.25, -0.2) is 0 Å². The molecule has 1 unspecified atom stereocenters. The van der Waals surface area contributed by atoms with E-state index in [2.05, 4.69) is 0 Å². The van der Waals surface area contributed by atoms with Gasteiger partial charge in [0.1, 0.15) is 17.9 Å². The predicted molar refractivity (Wildman–Crippen MR) is 152 cm³/mol. The van der Waals surface area contributed by atoms with Gasteiger partial charge < -0.3 is 14.1 Å². The van der Waals surface area contributed by atoms with Crippen molar-refractivity contribution in [1.82, 2.24) is 4.90 Å². The van der Waals surface area contributed by atoms with E-state index >= 15 is 0 Å². The second kappa shape index (κ2) is 9.91. The van der Waals surface area contributed by atoms with Gasteiger partial charge in [-0.15, -0.1) is 0 Å². The monoisotopic (exact) mass is 515 g/mol. The average Bonchev–Trinajstić information content (AvgIpc) is 3.20. The van der Waals surface area contributed by atoms with E-state index < -0.39 is 6.04 Å². The molecule has 2 heterocycles. The molecule has 0 radical (unpaired) electrons. The molecule has 0 bridgehead atoms. The Balaban J connectivity index is 1.47. The third kappa shape index (κ3) is 4.61. The molecule has 0 aliphatic carbocycles. The lowest BCUT2D eigenvalue weighted by Gasteiger charge is -2.25. The zero-order valence-electron chi connectivity index (χ0n) is 22.2. The minimum atomic E-state index is -0.601. The third-order valence-electron chi connectivity index (χ3n) is 7.31. The lowest BCUT2D eigenvalue weighted by Crippen LogP contribution is -2.29. The summed E-state index contributed by atoms with van der Waals surface area (Å²) in [5.41, 5.74) is 6.46. The van der Waals surface area contributed by atoms with E-state index in [0.29, 0.717) is 35.4 Å². The van der Waals surface area contributed by atoms with Gasteiger partial charge in [-0.3, -0.25) is 9.59 Å². The number of amides is 1. The minimum Gasteiger partial charge on any atom is -0.489 e. The molecule has 0 saturated carbocycles. The molecule has 5 heteroatoms. The van der Waals surface area contributed by atoms with E-state index in [9.17, 15) is 9.59 Å². The first-order valence-electron chi connectivity index (χ1n) is 13.1. The van der Waals surface area contributed by atoms with Crippen LogP contribution in [0.5, 0.6) is 5.75 Å². The van der Waals surface area contributed by atoms with E-state index in [-0.39, 0.29) is 17.1 Å². The van der Waals surface area contributed by atoms with Crippen LogP contribution in [-0.2, 0) is 13.2 Å². The molecule has 1 aromatic heterocycles. The average molecular weight is 516 g/mol. The molecule has 1 amide bonds. The number of nitrogens with zero attached hydrogens (tertiary/aromatic N) is 1. The van der Waals surface area contributed by atoms with Gasteiger partial charge in [0.25, 0.3) is 5.91 Å².